The molecular formula is C16H22BrN. The third-order valence-corrected chi connectivity index (χ3v) is 5.90. The van der Waals surface area contributed by atoms with Gasteiger partial charge >= 0.3 is 0 Å². The van der Waals surface area contributed by atoms with Gasteiger partial charge in [0.1, 0.15) is 0 Å². The average Bonchev–Trinajstić information content (AvgIpc) is 2.76. The van der Waals surface area contributed by atoms with Crippen molar-refractivity contribution < 1.29 is 0 Å². The minimum absolute atomic E-state index is 0.412. The summed E-state index contributed by atoms with van der Waals surface area (Å²) in [5, 5.41) is 3.81. The lowest BCUT2D eigenvalue weighted by molar-refractivity contribution is 0.155. The molecule has 18 heavy (non-hydrogen) atoms. The van der Waals surface area contributed by atoms with E-state index in [4.69, 9.17) is 0 Å². The van der Waals surface area contributed by atoms with Crippen LogP contribution in [0.3, 0.4) is 0 Å². The zero-order chi connectivity index (χ0) is 13.0. The fourth-order valence-corrected chi connectivity index (χ4v) is 4.81. The molecule has 2 aliphatic rings. The molecule has 0 amide bonds. The van der Waals surface area contributed by atoms with Crippen LogP contribution in [0.4, 0.5) is 5.69 Å². The number of nitrogens with one attached hydrogen (secondary N) is 1. The Balaban J connectivity index is 1.88. The zero-order valence-corrected chi connectivity index (χ0v) is 13.0. The van der Waals surface area contributed by atoms with Gasteiger partial charge in [0, 0.05) is 16.2 Å². The smallest absolute Gasteiger partial charge is 0.0368 e. The van der Waals surface area contributed by atoms with Crippen molar-refractivity contribution in [2.75, 3.05) is 5.32 Å². The molecule has 3 atom stereocenters. The number of rotatable bonds is 2. The molecule has 0 heterocycles. The molecule has 2 bridgehead atoms. The molecule has 2 heteroatoms. The van der Waals surface area contributed by atoms with E-state index in [2.05, 4.69) is 66.3 Å². The van der Waals surface area contributed by atoms with Crippen molar-refractivity contribution in [3.63, 3.8) is 0 Å². The van der Waals surface area contributed by atoms with Crippen molar-refractivity contribution in [2.45, 2.75) is 46.1 Å². The van der Waals surface area contributed by atoms with E-state index in [0.717, 1.165) is 10.4 Å². The summed E-state index contributed by atoms with van der Waals surface area (Å²) in [6.07, 6.45) is 4.19. The Bertz CT molecular complexity index is 463. The maximum Gasteiger partial charge on any atom is 0.0368 e. The van der Waals surface area contributed by atoms with Crippen molar-refractivity contribution >= 4 is 21.6 Å². The fraction of sp³-hybridized carbons (Fsp3) is 0.625. The van der Waals surface area contributed by atoms with Crippen LogP contribution in [0.1, 0.15) is 40.0 Å². The van der Waals surface area contributed by atoms with Gasteiger partial charge in [-0.25, -0.2) is 0 Å². The third kappa shape index (κ3) is 1.80. The Hall–Kier alpha value is -0.500. The lowest BCUT2D eigenvalue weighted by Gasteiger charge is -2.43. The topological polar surface area (TPSA) is 12.0 Å². The van der Waals surface area contributed by atoms with Crippen molar-refractivity contribution in [2.24, 2.45) is 16.7 Å². The van der Waals surface area contributed by atoms with Gasteiger partial charge in [-0.05, 0) is 54.2 Å². The van der Waals surface area contributed by atoms with Crippen LogP contribution in [-0.2, 0) is 0 Å². The zero-order valence-electron chi connectivity index (χ0n) is 11.5. The van der Waals surface area contributed by atoms with E-state index in [9.17, 15) is 0 Å². The van der Waals surface area contributed by atoms with Gasteiger partial charge in [-0.15, -0.1) is 0 Å². The molecule has 0 aromatic heterocycles. The second kappa shape index (κ2) is 4.00. The van der Waals surface area contributed by atoms with Crippen LogP contribution < -0.4 is 5.32 Å². The van der Waals surface area contributed by atoms with Crippen LogP contribution in [-0.4, -0.2) is 6.04 Å². The van der Waals surface area contributed by atoms with Gasteiger partial charge in [0.2, 0.25) is 0 Å². The van der Waals surface area contributed by atoms with Crippen LogP contribution in [0.25, 0.3) is 0 Å². The fourth-order valence-electron chi connectivity index (χ4n) is 4.41. The summed E-state index contributed by atoms with van der Waals surface area (Å²) in [7, 11) is 0. The highest BCUT2D eigenvalue weighted by Crippen LogP contribution is 2.63. The molecule has 1 unspecified atom stereocenters. The Morgan fingerprint density at radius 1 is 1.28 bits per heavy atom. The number of anilines is 1. The molecule has 3 rings (SSSR count). The minimum atomic E-state index is 0.412. The lowest BCUT2D eigenvalue weighted by Crippen LogP contribution is -2.45. The highest BCUT2D eigenvalue weighted by molar-refractivity contribution is 9.10. The molecule has 1 aromatic rings. The molecule has 1 N–H and O–H groups in total. The third-order valence-electron chi connectivity index (χ3n) is 5.41. The molecule has 98 valence electrons. The van der Waals surface area contributed by atoms with Gasteiger partial charge in [0.25, 0.3) is 0 Å². The summed E-state index contributed by atoms with van der Waals surface area (Å²) in [6.45, 7) is 7.35. The van der Waals surface area contributed by atoms with Crippen molar-refractivity contribution in [3.8, 4) is 0 Å². The Morgan fingerprint density at radius 3 is 2.67 bits per heavy atom. The van der Waals surface area contributed by atoms with E-state index < -0.39 is 0 Å². The number of halogens is 1. The van der Waals surface area contributed by atoms with Crippen LogP contribution in [0, 0.1) is 16.7 Å². The predicted octanol–water partition coefficient (Wildman–Crippen LogP) is 5.08. The molecule has 0 spiro atoms. The van der Waals surface area contributed by atoms with Crippen molar-refractivity contribution in [1.82, 2.24) is 0 Å². The van der Waals surface area contributed by atoms with Gasteiger partial charge in [-0.1, -0.05) is 42.8 Å². The van der Waals surface area contributed by atoms with E-state index >= 15 is 0 Å². The molecule has 1 nitrogen and oxygen atoms in total. The van der Waals surface area contributed by atoms with Crippen LogP contribution in [0.15, 0.2) is 28.7 Å². The minimum Gasteiger partial charge on any atom is -0.381 e. The molecule has 2 fully saturated rings. The standard InChI is InChI=1S/C16H22BrN/c1-15(2)11-7-8-16(3,10-11)14(15)18-13-6-4-5-12(17)9-13/h4-6,9,11,14,18H,7-8,10H2,1-3H3/t11-,14?,16+/m0/s1. The Labute approximate surface area is 118 Å². The molecule has 0 radical (unpaired) electrons. The van der Waals surface area contributed by atoms with E-state index in [-0.39, 0.29) is 0 Å². The number of hydrogen-bond donors (Lipinski definition) is 1. The number of hydrogen-bond acceptors (Lipinski definition) is 1. The first-order chi connectivity index (χ1) is 8.42. The summed E-state index contributed by atoms with van der Waals surface area (Å²) >= 11 is 3.55. The number of fused-ring (bicyclic) bond motifs is 2. The van der Waals surface area contributed by atoms with Crippen LogP contribution >= 0.6 is 15.9 Å². The van der Waals surface area contributed by atoms with Crippen LogP contribution in [0.5, 0.6) is 0 Å². The summed E-state index contributed by atoms with van der Waals surface area (Å²) in [4.78, 5) is 0. The molecule has 2 saturated carbocycles. The van der Waals surface area contributed by atoms with Gasteiger partial charge < -0.3 is 5.32 Å². The highest BCUT2D eigenvalue weighted by atomic mass is 79.9. The second-order valence-corrected chi connectivity index (χ2v) is 7.92. The van der Waals surface area contributed by atoms with Crippen molar-refractivity contribution in [1.29, 1.82) is 0 Å². The normalized spacial score (nSPS) is 36.9. The van der Waals surface area contributed by atoms with Crippen molar-refractivity contribution in [3.05, 3.63) is 28.7 Å². The van der Waals surface area contributed by atoms with Gasteiger partial charge in [-0.3, -0.25) is 0 Å². The summed E-state index contributed by atoms with van der Waals surface area (Å²) in [5.41, 5.74) is 2.14. The molecular weight excluding hydrogens is 286 g/mol. The highest BCUT2D eigenvalue weighted by Gasteiger charge is 2.59. The summed E-state index contributed by atoms with van der Waals surface area (Å²) in [5.74, 6) is 0.896. The lowest BCUT2D eigenvalue weighted by atomic mass is 9.68. The van der Waals surface area contributed by atoms with Crippen LogP contribution in [0.2, 0.25) is 0 Å². The molecule has 0 saturated heterocycles. The number of benzene rings is 1. The Morgan fingerprint density at radius 2 is 2.06 bits per heavy atom. The van der Waals surface area contributed by atoms with E-state index in [1.54, 1.807) is 0 Å². The molecule has 0 aliphatic heterocycles. The van der Waals surface area contributed by atoms with E-state index in [1.165, 1.54) is 24.9 Å². The predicted molar refractivity (Wildman–Crippen MR) is 80.8 cm³/mol. The quantitative estimate of drug-likeness (QED) is 0.803. The monoisotopic (exact) mass is 307 g/mol. The van der Waals surface area contributed by atoms with Gasteiger partial charge in [-0.2, -0.15) is 0 Å². The SMILES string of the molecule is CC1(C)C(Nc2cccc(Br)c2)[C@]2(C)CC[C@H]1C2. The van der Waals surface area contributed by atoms with E-state index in [1.807, 2.05) is 0 Å². The summed E-state index contributed by atoms with van der Waals surface area (Å²) < 4.78 is 1.15. The first-order valence-corrected chi connectivity index (χ1v) is 7.73. The first-order valence-electron chi connectivity index (χ1n) is 6.94. The maximum atomic E-state index is 3.81. The van der Waals surface area contributed by atoms with Gasteiger partial charge in [0.15, 0.2) is 0 Å². The summed E-state index contributed by atoms with van der Waals surface area (Å²) in [6, 6.07) is 9.15. The molecule has 1 aromatic carbocycles. The van der Waals surface area contributed by atoms with E-state index in [0.29, 0.717) is 16.9 Å². The largest absolute Gasteiger partial charge is 0.381 e. The molecule has 2 aliphatic carbocycles. The second-order valence-electron chi connectivity index (χ2n) is 7.00. The first kappa shape index (κ1) is 12.5. The Kier molecular flexibility index (Phi) is 2.78. The maximum absolute atomic E-state index is 3.81. The van der Waals surface area contributed by atoms with Gasteiger partial charge in [0.05, 0.1) is 0 Å². The average molecular weight is 308 g/mol.